The van der Waals surface area contributed by atoms with E-state index in [0.29, 0.717) is 30.3 Å². The normalized spacial score (nSPS) is 15.0. The van der Waals surface area contributed by atoms with Crippen LogP contribution in [0.2, 0.25) is 0 Å². The van der Waals surface area contributed by atoms with Gasteiger partial charge in [-0.1, -0.05) is 36.0 Å². The van der Waals surface area contributed by atoms with Gasteiger partial charge in [-0.3, -0.25) is 0 Å². The Kier molecular flexibility index (Phi) is 10.5. The fourth-order valence-electron chi connectivity index (χ4n) is 5.14. The standard InChI is InChI=1S/C32H29F6N3O6S2/c1-44-22-9-4-19(5-10-22)16-41(17-20-6-11-23(45-2)12-7-20)21-8-13-26(31(33,34)35)24(14-21)28-15-27-25(18-46-28)29(40-30(39-27)48-3)47-49(42,43)32(36,37)38/h4-14,28H,15-18H2,1-3H3. The zero-order valence-corrected chi connectivity index (χ0v) is 27.8. The van der Waals surface area contributed by atoms with Crippen LogP contribution in [0.25, 0.3) is 0 Å². The average molecular weight is 730 g/mol. The lowest BCUT2D eigenvalue weighted by Crippen LogP contribution is -2.30. The summed E-state index contributed by atoms with van der Waals surface area (Å²) in [6.45, 7) is -0.0119. The third-order valence-electron chi connectivity index (χ3n) is 7.61. The summed E-state index contributed by atoms with van der Waals surface area (Å²) in [6, 6.07) is 18.1. The van der Waals surface area contributed by atoms with E-state index in [0.717, 1.165) is 29.0 Å². The highest BCUT2D eigenvalue weighted by atomic mass is 32.2. The van der Waals surface area contributed by atoms with E-state index in [1.807, 2.05) is 29.2 Å². The molecule has 0 bridgehead atoms. The monoisotopic (exact) mass is 729 g/mol. The van der Waals surface area contributed by atoms with Crippen molar-refractivity contribution in [3.8, 4) is 17.4 Å². The van der Waals surface area contributed by atoms with Crippen LogP contribution in [0.4, 0.5) is 32.0 Å². The van der Waals surface area contributed by atoms with Crippen LogP contribution in [0.15, 0.2) is 71.9 Å². The largest absolute Gasteiger partial charge is 0.534 e. The van der Waals surface area contributed by atoms with Gasteiger partial charge in [0.15, 0.2) is 5.16 Å². The number of anilines is 1. The van der Waals surface area contributed by atoms with Gasteiger partial charge in [-0.25, -0.2) is 4.98 Å². The third kappa shape index (κ3) is 8.33. The fraction of sp³-hybridized carbons (Fsp3) is 0.312. The Hall–Kier alpha value is -4.22. The molecule has 0 saturated carbocycles. The minimum absolute atomic E-state index is 0.00479. The summed E-state index contributed by atoms with van der Waals surface area (Å²) in [4.78, 5) is 9.90. The van der Waals surface area contributed by atoms with Crippen molar-refractivity contribution in [1.29, 1.82) is 0 Å². The van der Waals surface area contributed by atoms with Crippen LogP contribution in [0.3, 0.4) is 0 Å². The summed E-state index contributed by atoms with van der Waals surface area (Å²) >= 11 is 0.885. The van der Waals surface area contributed by atoms with Gasteiger partial charge in [0.2, 0.25) is 5.88 Å². The highest BCUT2D eigenvalue weighted by Crippen LogP contribution is 2.43. The van der Waals surface area contributed by atoms with Crippen LogP contribution < -0.4 is 18.6 Å². The minimum Gasteiger partial charge on any atom is -0.497 e. The van der Waals surface area contributed by atoms with Gasteiger partial charge < -0.3 is 23.3 Å². The Morgan fingerprint density at radius 3 is 1.94 bits per heavy atom. The predicted molar refractivity (Wildman–Crippen MR) is 168 cm³/mol. The lowest BCUT2D eigenvalue weighted by Gasteiger charge is -2.30. The molecule has 1 aromatic heterocycles. The van der Waals surface area contributed by atoms with Crippen LogP contribution in [0.5, 0.6) is 17.4 Å². The number of fused-ring (bicyclic) bond motifs is 1. The molecular formula is C32H29F6N3O6S2. The van der Waals surface area contributed by atoms with Gasteiger partial charge in [0.25, 0.3) is 0 Å². The molecule has 262 valence electrons. The van der Waals surface area contributed by atoms with Crippen LogP contribution in [0, 0.1) is 0 Å². The summed E-state index contributed by atoms with van der Waals surface area (Å²) in [6.07, 6.45) is -4.90. The van der Waals surface area contributed by atoms with E-state index in [1.54, 1.807) is 24.3 Å². The molecule has 1 unspecified atom stereocenters. The zero-order valence-electron chi connectivity index (χ0n) is 26.1. The van der Waals surface area contributed by atoms with Gasteiger partial charge in [-0.05, 0) is 65.4 Å². The van der Waals surface area contributed by atoms with E-state index in [9.17, 15) is 34.8 Å². The van der Waals surface area contributed by atoms with Gasteiger partial charge in [0.05, 0.1) is 43.8 Å². The fourth-order valence-corrected chi connectivity index (χ4v) is 5.96. The summed E-state index contributed by atoms with van der Waals surface area (Å²) in [5, 5.41) is -0.137. The van der Waals surface area contributed by atoms with Gasteiger partial charge in [0, 0.05) is 25.2 Å². The lowest BCUT2D eigenvalue weighted by molar-refractivity contribution is -0.139. The number of methoxy groups -OCH3 is 2. The lowest BCUT2D eigenvalue weighted by atomic mass is 9.94. The molecule has 0 aliphatic carbocycles. The SMILES string of the molecule is COc1ccc(CN(Cc2ccc(OC)cc2)c2ccc(C(F)(F)F)c(C3Cc4nc(SC)nc(OS(=O)(=O)C(F)(F)F)c4CO3)c2)cc1. The summed E-state index contributed by atoms with van der Waals surface area (Å²) in [5.41, 5.74) is -5.05. The molecule has 1 atom stereocenters. The molecule has 49 heavy (non-hydrogen) atoms. The molecule has 5 rings (SSSR count). The Labute approximate surface area is 282 Å². The number of halogens is 6. The number of aromatic nitrogens is 2. The number of rotatable bonds is 11. The number of alkyl halides is 6. The molecule has 4 aromatic rings. The number of thioether (sulfide) groups is 1. The zero-order chi connectivity index (χ0) is 35.6. The quantitative estimate of drug-likeness (QED) is 0.0508. The second-order valence-electron chi connectivity index (χ2n) is 10.7. The number of ether oxygens (including phenoxy) is 3. The maximum atomic E-state index is 14.4. The maximum absolute atomic E-state index is 14.4. The first-order valence-corrected chi connectivity index (χ1v) is 17.0. The molecule has 9 nitrogen and oxygen atoms in total. The van der Waals surface area contributed by atoms with Crippen molar-refractivity contribution >= 4 is 27.6 Å². The summed E-state index contributed by atoms with van der Waals surface area (Å²) in [7, 11) is -3.03. The highest BCUT2D eigenvalue weighted by Gasteiger charge is 2.49. The van der Waals surface area contributed by atoms with Crippen molar-refractivity contribution in [3.63, 3.8) is 0 Å². The van der Waals surface area contributed by atoms with Crippen molar-refractivity contribution in [2.75, 3.05) is 25.4 Å². The van der Waals surface area contributed by atoms with E-state index in [-0.39, 0.29) is 28.4 Å². The molecule has 0 saturated heterocycles. The molecular weight excluding hydrogens is 700 g/mol. The number of hydrogen-bond acceptors (Lipinski definition) is 10. The van der Waals surface area contributed by atoms with Gasteiger partial charge in [0.1, 0.15) is 11.5 Å². The van der Waals surface area contributed by atoms with Crippen LogP contribution in [-0.2, 0) is 47.1 Å². The van der Waals surface area contributed by atoms with E-state index >= 15 is 0 Å². The second-order valence-corrected chi connectivity index (χ2v) is 13.1. The van der Waals surface area contributed by atoms with Gasteiger partial charge in [-0.15, -0.1) is 0 Å². The van der Waals surface area contributed by atoms with E-state index in [2.05, 4.69) is 14.2 Å². The maximum Gasteiger partial charge on any atom is 0.534 e. The third-order valence-corrected chi connectivity index (χ3v) is 9.11. The smallest absolute Gasteiger partial charge is 0.497 e. The molecule has 3 aromatic carbocycles. The van der Waals surface area contributed by atoms with E-state index in [4.69, 9.17) is 14.2 Å². The number of benzene rings is 3. The topological polar surface area (TPSA) is 100 Å². The summed E-state index contributed by atoms with van der Waals surface area (Å²) < 4.78 is 127. The van der Waals surface area contributed by atoms with Crippen LogP contribution in [0.1, 0.15) is 39.6 Å². The summed E-state index contributed by atoms with van der Waals surface area (Å²) in [5.74, 6) is 0.366. The molecule has 0 fully saturated rings. The van der Waals surface area contributed by atoms with Crippen LogP contribution >= 0.6 is 11.8 Å². The molecule has 0 amide bonds. The van der Waals surface area contributed by atoms with E-state index < -0.39 is 46.0 Å². The Balaban J connectivity index is 1.55. The first-order chi connectivity index (χ1) is 23.1. The first kappa shape index (κ1) is 36.1. The minimum atomic E-state index is -6.10. The molecule has 17 heteroatoms. The molecule has 0 radical (unpaired) electrons. The number of nitrogens with zero attached hydrogens (tertiary/aromatic N) is 3. The van der Waals surface area contributed by atoms with Crippen molar-refractivity contribution < 1.29 is 53.2 Å². The average Bonchev–Trinajstić information content (AvgIpc) is 3.07. The van der Waals surface area contributed by atoms with Crippen molar-refractivity contribution in [1.82, 2.24) is 9.97 Å². The molecule has 1 aliphatic heterocycles. The Bertz CT molecular complexity index is 1840. The Morgan fingerprint density at radius 1 is 0.878 bits per heavy atom. The number of hydrogen-bond donors (Lipinski definition) is 0. The molecule has 2 heterocycles. The van der Waals surface area contributed by atoms with Crippen molar-refractivity contribution in [2.24, 2.45) is 0 Å². The van der Waals surface area contributed by atoms with Gasteiger partial charge >= 0.3 is 21.8 Å². The second kappa shape index (κ2) is 14.3. The predicted octanol–water partition coefficient (Wildman–Crippen LogP) is 7.48. The molecule has 0 N–H and O–H groups in total. The highest BCUT2D eigenvalue weighted by molar-refractivity contribution is 7.98. The van der Waals surface area contributed by atoms with Crippen LogP contribution in [-0.4, -0.2) is 44.4 Å². The van der Waals surface area contributed by atoms with E-state index in [1.165, 1.54) is 32.6 Å². The molecule has 0 spiro atoms. The first-order valence-electron chi connectivity index (χ1n) is 14.4. The van der Waals surface area contributed by atoms with Crippen molar-refractivity contribution in [2.45, 2.75) is 49.1 Å². The Morgan fingerprint density at radius 2 is 1.45 bits per heavy atom. The van der Waals surface area contributed by atoms with Crippen molar-refractivity contribution in [3.05, 3.63) is 100 Å². The molecule has 1 aliphatic rings. The van der Waals surface area contributed by atoms with Gasteiger partial charge in [-0.2, -0.15) is 39.7 Å².